The lowest BCUT2D eigenvalue weighted by atomic mass is 9.93. The predicted octanol–water partition coefficient (Wildman–Crippen LogP) is 0.962. The lowest BCUT2D eigenvalue weighted by Gasteiger charge is -2.29. The minimum Gasteiger partial charge on any atom is -0.394 e. The maximum Gasteiger partial charge on any atom is 0.223 e. The van der Waals surface area contributed by atoms with E-state index in [2.05, 4.69) is 5.32 Å². The fraction of sp³-hybridized carbons (Fsp3) is 0.500. The third-order valence-electron chi connectivity index (χ3n) is 3.08. The van der Waals surface area contributed by atoms with Crippen LogP contribution in [0.25, 0.3) is 0 Å². The summed E-state index contributed by atoms with van der Waals surface area (Å²) in [6.45, 7) is 2.47. The molecular weight excluding hydrogens is 228 g/mol. The van der Waals surface area contributed by atoms with Gasteiger partial charge in [-0.2, -0.15) is 0 Å². The summed E-state index contributed by atoms with van der Waals surface area (Å²) < 4.78 is 0. The van der Waals surface area contributed by atoms with Crippen LogP contribution in [0.2, 0.25) is 0 Å². The molecule has 1 aromatic rings. The van der Waals surface area contributed by atoms with Gasteiger partial charge in [0.25, 0.3) is 0 Å². The molecule has 0 fully saturated rings. The van der Waals surface area contributed by atoms with Crippen molar-refractivity contribution in [3.63, 3.8) is 0 Å². The van der Waals surface area contributed by atoms with Crippen molar-refractivity contribution in [2.75, 3.05) is 27.2 Å². The molecular formula is C14H22N2O2. The van der Waals surface area contributed by atoms with Gasteiger partial charge in [0.05, 0.1) is 12.1 Å². The molecule has 1 atom stereocenters. The molecule has 4 heteroatoms. The number of carbonyl (C=O) groups excluding carboxylic acids is 1. The second kappa shape index (κ2) is 6.52. The SMILES string of the molecule is CN(C)C(=O)CCNC(C)(CO)c1ccccc1. The number of hydrogen-bond acceptors (Lipinski definition) is 3. The Bertz CT molecular complexity index is 379. The maximum absolute atomic E-state index is 11.5. The van der Waals surface area contributed by atoms with Crippen LogP contribution in [0.15, 0.2) is 30.3 Å². The summed E-state index contributed by atoms with van der Waals surface area (Å²) in [5, 5.41) is 12.8. The summed E-state index contributed by atoms with van der Waals surface area (Å²) in [5.41, 5.74) is 0.512. The van der Waals surface area contributed by atoms with Gasteiger partial charge in [-0.1, -0.05) is 30.3 Å². The Balaban J connectivity index is 2.59. The molecule has 1 aromatic carbocycles. The number of hydrogen-bond donors (Lipinski definition) is 2. The van der Waals surface area contributed by atoms with Gasteiger partial charge in [0.15, 0.2) is 0 Å². The van der Waals surface area contributed by atoms with Gasteiger partial charge >= 0.3 is 0 Å². The summed E-state index contributed by atoms with van der Waals surface area (Å²) in [6.07, 6.45) is 0.426. The van der Waals surface area contributed by atoms with Crippen molar-refractivity contribution in [1.29, 1.82) is 0 Å². The molecule has 0 heterocycles. The number of amides is 1. The summed E-state index contributed by atoms with van der Waals surface area (Å²) in [4.78, 5) is 13.0. The van der Waals surface area contributed by atoms with Crippen molar-refractivity contribution < 1.29 is 9.90 Å². The van der Waals surface area contributed by atoms with E-state index in [1.54, 1.807) is 19.0 Å². The van der Waals surface area contributed by atoms with Crippen molar-refractivity contribution in [3.8, 4) is 0 Å². The largest absolute Gasteiger partial charge is 0.394 e. The molecule has 1 unspecified atom stereocenters. The number of rotatable bonds is 6. The highest BCUT2D eigenvalue weighted by Gasteiger charge is 2.24. The minimum atomic E-state index is -0.506. The number of nitrogens with zero attached hydrogens (tertiary/aromatic N) is 1. The van der Waals surface area contributed by atoms with E-state index in [1.165, 1.54) is 0 Å². The number of benzene rings is 1. The molecule has 1 amide bonds. The molecule has 1 rings (SSSR count). The zero-order chi connectivity index (χ0) is 13.6. The second-order valence-electron chi connectivity index (χ2n) is 4.82. The van der Waals surface area contributed by atoms with Crippen LogP contribution in [0.5, 0.6) is 0 Å². The summed E-state index contributed by atoms with van der Waals surface area (Å²) in [7, 11) is 3.48. The van der Waals surface area contributed by atoms with Gasteiger partial charge in [0, 0.05) is 27.1 Å². The monoisotopic (exact) mass is 250 g/mol. The van der Waals surface area contributed by atoms with E-state index in [-0.39, 0.29) is 12.5 Å². The van der Waals surface area contributed by atoms with Crippen LogP contribution in [-0.4, -0.2) is 43.2 Å². The normalized spacial score (nSPS) is 14.0. The van der Waals surface area contributed by atoms with E-state index in [0.717, 1.165) is 5.56 Å². The average molecular weight is 250 g/mol. The molecule has 0 saturated heterocycles. The number of nitrogens with one attached hydrogen (secondary N) is 1. The van der Waals surface area contributed by atoms with Gasteiger partial charge < -0.3 is 15.3 Å². The first kappa shape index (κ1) is 14.7. The molecule has 100 valence electrons. The summed E-state index contributed by atoms with van der Waals surface area (Å²) >= 11 is 0. The Morgan fingerprint density at radius 1 is 1.33 bits per heavy atom. The van der Waals surface area contributed by atoms with E-state index < -0.39 is 5.54 Å². The van der Waals surface area contributed by atoms with E-state index in [4.69, 9.17) is 0 Å². The van der Waals surface area contributed by atoms with Crippen LogP contribution in [0, 0.1) is 0 Å². The van der Waals surface area contributed by atoms with E-state index >= 15 is 0 Å². The highest BCUT2D eigenvalue weighted by atomic mass is 16.3. The molecule has 0 bridgehead atoms. The lowest BCUT2D eigenvalue weighted by molar-refractivity contribution is -0.128. The van der Waals surface area contributed by atoms with Crippen LogP contribution in [0.3, 0.4) is 0 Å². The quantitative estimate of drug-likeness (QED) is 0.791. The first-order chi connectivity index (χ1) is 8.49. The zero-order valence-electron chi connectivity index (χ0n) is 11.3. The topological polar surface area (TPSA) is 52.6 Å². The Kier molecular flexibility index (Phi) is 5.31. The van der Waals surface area contributed by atoms with Gasteiger partial charge in [-0.15, -0.1) is 0 Å². The van der Waals surface area contributed by atoms with Gasteiger partial charge in [0.1, 0.15) is 0 Å². The molecule has 18 heavy (non-hydrogen) atoms. The van der Waals surface area contributed by atoms with Gasteiger partial charge in [-0.05, 0) is 12.5 Å². The number of aliphatic hydroxyl groups is 1. The van der Waals surface area contributed by atoms with Crippen LogP contribution in [0.4, 0.5) is 0 Å². The fourth-order valence-electron chi connectivity index (χ4n) is 1.72. The van der Waals surface area contributed by atoms with E-state index in [0.29, 0.717) is 13.0 Å². The predicted molar refractivity (Wildman–Crippen MR) is 72.2 cm³/mol. The van der Waals surface area contributed by atoms with Gasteiger partial charge in [0.2, 0.25) is 5.91 Å². The zero-order valence-corrected chi connectivity index (χ0v) is 11.3. The molecule has 0 spiro atoms. The maximum atomic E-state index is 11.5. The highest BCUT2D eigenvalue weighted by Crippen LogP contribution is 2.19. The minimum absolute atomic E-state index is 0.00678. The highest BCUT2D eigenvalue weighted by molar-refractivity contribution is 5.75. The molecule has 0 radical (unpaired) electrons. The summed E-state index contributed by atoms with van der Waals surface area (Å²) in [6, 6.07) is 9.76. The van der Waals surface area contributed by atoms with Crippen LogP contribution in [-0.2, 0) is 10.3 Å². The van der Waals surface area contributed by atoms with Crippen molar-refractivity contribution in [2.45, 2.75) is 18.9 Å². The van der Waals surface area contributed by atoms with E-state index in [1.807, 2.05) is 37.3 Å². The van der Waals surface area contributed by atoms with Crippen LogP contribution in [0.1, 0.15) is 18.9 Å². The first-order valence-corrected chi connectivity index (χ1v) is 6.11. The summed E-state index contributed by atoms with van der Waals surface area (Å²) in [5.74, 6) is 0.0795. The van der Waals surface area contributed by atoms with Crippen LogP contribution >= 0.6 is 0 Å². The number of aliphatic hydroxyl groups excluding tert-OH is 1. The van der Waals surface area contributed by atoms with Crippen molar-refractivity contribution in [2.24, 2.45) is 0 Å². The first-order valence-electron chi connectivity index (χ1n) is 6.11. The molecule has 0 saturated carbocycles. The smallest absolute Gasteiger partial charge is 0.223 e. The Labute approximate surface area is 109 Å². The van der Waals surface area contributed by atoms with Gasteiger partial charge in [-0.25, -0.2) is 0 Å². The molecule has 0 aromatic heterocycles. The fourth-order valence-corrected chi connectivity index (χ4v) is 1.72. The van der Waals surface area contributed by atoms with Crippen LogP contribution < -0.4 is 5.32 Å². The standard InChI is InChI=1S/C14H22N2O2/c1-14(11-17,12-7-5-4-6-8-12)15-10-9-13(18)16(2)3/h4-8,15,17H,9-11H2,1-3H3. The molecule has 0 aliphatic rings. The molecule has 0 aliphatic carbocycles. The second-order valence-corrected chi connectivity index (χ2v) is 4.82. The third kappa shape index (κ3) is 3.82. The van der Waals surface area contributed by atoms with E-state index in [9.17, 15) is 9.90 Å². The Hall–Kier alpha value is -1.39. The molecule has 4 nitrogen and oxygen atoms in total. The Morgan fingerprint density at radius 2 is 1.94 bits per heavy atom. The number of carbonyl (C=O) groups is 1. The lowest BCUT2D eigenvalue weighted by Crippen LogP contribution is -2.44. The van der Waals surface area contributed by atoms with Crippen molar-refractivity contribution in [1.82, 2.24) is 10.2 Å². The average Bonchev–Trinajstić information content (AvgIpc) is 2.39. The Morgan fingerprint density at radius 3 is 2.44 bits per heavy atom. The third-order valence-corrected chi connectivity index (χ3v) is 3.08. The van der Waals surface area contributed by atoms with Crippen molar-refractivity contribution in [3.05, 3.63) is 35.9 Å². The molecule has 2 N–H and O–H groups in total. The van der Waals surface area contributed by atoms with Gasteiger partial charge in [-0.3, -0.25) is 4.79 Å². The molecule has 0 aliphatic heterocycles. The van der Waals surface area contributed by atoms with Crippen molar-refractivity contribution >= 4 is 5.91 Å².